The minimum absolute atomic E-state index is 0.107. The highest BCUT2D eigenvalue weighted by atomic mass is 16.5. The number of rotatable bonds is 6. The van der Waals surface area contributed by atoms with Crippen LogP contribution < -0.4 is 5.32 Å². The third kappa shape index (κ3) is 3.92. The summed E-state index contributed by atoms with van der Waals surface area (Å²) in [4.78, 5) is 39.4. The highest BCUT2D eigenvalue weighted by Gasteiger charge is 2.52. The summed E-state index contributed by atoms with van der Waals surface area (Å²) in [6.07, 6.45) is 0.347. The molecule has 1 aliphatic heterocycles. The maximum atomic E-state index is 13.6. The van der Waals surface area contributed by atoms with Crippen LogP contribution in [0.2, 0.25) is 0 Å². The van der Waals surface area contributed by atoms with Crippen molar-refractivity contribution in [2.75, 3.05) is 7.11 Å². The average Bonchev–Trinajstić information content (AvgIpc) is 3.05. The van der Waals surface area contributed by atoms with Gasteiger partial charge in [0.05, 0.1) is 19.2 Å². The zero-order chi connectivity index (χ0) is 21.8. The summed E-state index contributed by atoms with van der Waals surface area (Å²) in [6.45, 7) is 0.107. The van der Waals surface area contributed by atoms with Crippen molar-refractivity contribution in [3.8, 4) is 0 Å². The number of esters is 1. The molecule has 3 aromatic rings. The smallest absolute Gasteiger partial charge is 0.337 e. The van der Waals surface area contributed by atoms with Gasteiger partial charge in [0, 0.05) is 6.42 Å². The van der Waals surface area contributed by atoms with Gasteiger partial charge in [-0.2, -0.15) is 0 Å². The van der Waals surface area contributed by atoms with Crippen LogP contribution in [-0.4, -0.2) is 29.9 Å². The number of ether oxygens (including phenoxy) is 1. The molecule has 1 N–H and O–H groups in total. The molecule has 1 fully saturated rings. The summed E-state index contributed by atoms with van der Waals surface area (Å²) in [6, 6.07) is 25.2. The van der Waals surface area contributed by atoms with Crippen LogP contribution in [0.4, 0.5) is 4.79 Å². The second-order valence-corrected chi connectivity index (χ2v) is 7.44. The fourth-order valence-corrected chi connectivity index (χ4v) is 3.86. The number of hydrogen-bond donors (Lipinski definition) is 1. The normalized spacial score (nSPS) is 18.0. The molecule has 1 unspecified atom stereocenters. The number of carbonyl (C=O) groups is 3. The van der Waals surface area contributed by atoms with E-state index >= 15 is 0 Å². The van der Waals surface area contributed by atoms with E-state index in [1.165, 1.54) is 12.0 Å². The summed E-state index contributed by atoms with van der Waals surface area (Å²) in [5.41, 5.74) is 1.65. The van der Waals surface area contributed by atoms with E-state index in [1.807, 2.05) is 60.7 Å². The molecule has 0 aliphatic carbocycles. The van der Waals surface area contributed by atoms with Crippen LogP contribution in [0, 0.1) is 0 Å². The SMILES string of the molecule is COC(=O)c1ccc(CN2C(=O)NC(Cc3ccccc3)(c3ccccc3)C2=O)cc1. The lowest BCUT2D eigenvalue weighted by molar-refractivity contribution is -0.132. The van der Waals surface area contributed by atoms with Gasteiger partial charge in [0.25, 0.3) is 5.91 Å². The van der Waals surface area contributed by atoms with Crippen LogP contribution in [0.3, 0.4) is 0 Å². The predicted octanol–water partition coefficient (Wildman–Crippen LogP) is 3.66. The maximum Gasteiger partial charge on any atom is 0.337 e. The van der Waals surface area contributed by atoms with E-state index in [2.05, 4.69) is 5.32 Å². The van der Waals surface area contributed by atoms with Crippen molar-refractivity contribution in [2.24, 2.45) is 0 Å². The number of nitrogens with one attached hydrogen (secondary N) is 1. The molecule has 0 aromatic heterocycles. The van der Waals surface area contributed by atoms with E-state index in [0.717, 1.165) is 16.7 Å². The standard InChI is InChI=1S/C25H22N2O4/c1-31-22(28)20-14-12-19(13-15-20)17-27-23(29)25(26-24(27)30,21-10-6-3-7-11-21)16-18-8-4-2-5-9-18/h2-15H,16-17H2,1H3,(H,26,30). The number of carbonyl (C=O) groups excluding carboxylic acids is 3. The fraction of sp³-hybridized carbons (Fsp3) is 0.160. The van der Waals surface area contributed by atoms with Crippen molar-refractivity contribution >= 4 is 17.9 Å². The van der Waals surface area contributed by atoms with Crippen molar-refractivity contribution in [1.82, 2.24) is 10.2 Å². The van der Waals surface area contributed by atoms with Gasteiger partial charge in [-0.3, -0.25) is 9.69 Å². The predicted molar refractivity (Wildman–Crippen MR) is 115 cm³/mol. The van der Waals surface area contributed by atoms with E-state index in [0.29, 0.717) is 12.0 Å². The van der Waals surface area contributed by atoms with Gasteiger partial charge in [-0.15, -0.1) is 0 Å². The molecule has 0 saturated carbocycles. The second-order valence-electron chi connectivity index (χ2n) is 7.44. The van der Waals surface area contributed by atoms with Gasteiger partial charge in [0.15, 0.2) is 5.54 Å². The average molecular weight is 414 g/mol. The largest absolute Gasteiger partial charge is 0.465 e. The van der Waals surface area contributed by atoms with Crippen LogP contribution in [0.1, 0.15) is 27.0 Å². The van der Waals surface area contributed by atoms with Crippen molar-refractivity contribution in [1.29, 1.82) is 0 Å². The lowest BCUT2D eigenvalue weighted by Gasteiger charge is -2.27. The van der Waals surface area contributed by atoms with Gasteiger partial charge in [-0.25, -0.2) is 9.59 Å². The number of amides is 3. The number of imide groups is 1. The number of nitrogens with zero attached hydrogens (tertiary/aromatic N) is 1. The van der Waals surface area contributed by atoms with E-state index < -0.39 is 17.5 Å². The first kappa shape index (κ1) is 20.3. The minimum atomic E-state index is -1.17. The summed E-state index contributed by atoms with van der Waals surface area (Å²) < 4.78 is 4.71. The number of hydrogen-bond acceptors (Lipinski definition) is 4. The lowest BCUT2D eigenvalue weighted by atomic mass is 9.83. The van der Waals surface area contributed by atoms with Crippen LogP contribution in [0.25, 0.3) is 0 Å². The Morgan fingerprint density at radius 1 is 0.871 bits per heavy atom. The lowest BCUT2D eigenvalue weighted by Crippen LogP contribution is -2.46. The Hall–Kier alpha value is -3.93. The van der Waals surface area contributed by atoms with Gasteiger partial charge >= 0.3 is 12.0 Å². The van der Waals surface area contributed by atoms with Crippen molar-refractivity contribution in [2.45, 2.75) is 18.5 Å². The Kier molecular flexibility index (Phi) is 5.54. The Balaban J connectivity index is 1.65. The molecule has 3 amide bonds. The molecule has 4 rings (SSSR count). The van der Waals surface area contributed by atoms with Crippen LogP contribution in [0.15, 0.2) is 84.9 Å². The second kappa shape index (κ2) is 8.44. The van der Waals surface area contributed by atoms with Gasteiger partial charge in [0.2, 0.25) is 0 Å². The topological polar surface area (TPSA) is 75.7 Å². The molecule has 6 nitrogen and oxygen atoms in total. The molecule has 1 saturated heterocycles. The molecular weight excluding hydrogens is 392 g/mol. The van der Waals surface area contributed by atoms with Gasteiger partial charge in [-0.05, 0) is 28.8 Å². The Labute approximate surface area is 180 Å². The van der Waals surface area contributed by atoms with Crippen LogP contribution in [0.5, 0.6) is 0 Å². The molecule has 1 atom stereocenters. The third-order valence-electron chi connectivity index (χ3n) is 5.47. The first-order chi connectivity index (χ1) is 15.0. The molecule has 156 valence electrons. The molecule has 6 heteroatoms. The quantitative estimate of drug-likeness (QED) is 0.493. The van der Waals surface area contributed by atoms with Crippen molar-refractivity contribution < 1.29 is 19.1 Å². The van der Waals surface area contributed by atoms with E-state index in [4.69, 9.17) is 4.74 Å². The Morgan fingerprint density at radius 2 is 1.48 bits per heavy atom. The monoisotopic (exact) mass is 414 g/mol. The maximum absolute atomic E-state index is 13.6. The number of urea groups is 1. The van der Waals surface area contributed by atoms with Crippen molar-refractivity contribution in [3.05, 3.63) is 107 Å². The van der Waals surface area contributed by atoms with E-state index in [-0.39, 0.29) is 12.5 Å². The molecule has 0 bridgehead atoms. The van der Waals surface area contributed by atoms with Crippen molar-refractivity contribution in [3.63, 3.8) is 0 Å². The Morgan fingerprint density at radius 3 is 2.10 bits per heavy atom. The zero-order valence-electron chi connectivity index (χ0n) is 17.1. The molecule has 31 heavy (non-hydrogen) atoms. The van der Waals surface area contributed by atoms with E-state index in [9.17, 15) is 14.4 Å². The first-order valence-corrected chi connectivity index (χ1v) is 9.94. The van der Waals surface area contributed by atoms with Gasteiger partial charge < -0.3 is 10.1 Å². The molecular formula is C25H22N2O4. The number of methoxy groups -OCH3 is 1. The van der Waals surface area contributed by atoms with Crippen LogP contribution >= 0.6 is 0 Å². The summed E-state index contributed by atoms with van der Waals surface area (Å²) in [5, 5.41) is 2.95. The highest BCUT2D eigenvalue weighted by Crippen LogP contribution is 2.33. The molecule has 0 spiro atoms. The summed E-state index contributed by atoms with van der Waals surface area (Å²) in [7, 11) is 1.32. The minimum Gasteiger partial charge on any atom is -0.465 e. The highest BCUT2D eigenvalue weighted by molar-refractivity contribution is 6.07. The molecule has 1 aliphatic rings. The van der Waals surface area contributed by atoms with Gasteiger partial charge in [0.1, 0.15) is 0 Å². The first-order valence-electron chi connectivity index (χ1n) is 9.94. The van der Waals surface area contributed by atoms with E-state index in [1.54, 1.807) is 24.3 Å². The third-order valence-corrected chi connectivity index (χ3v) is 5.47. The van der Waals surface area contributed by atoms with Gasteiger partial charge in [-0.1, -0.05) is 72.8 Å². The summed E-state index contributed by atoms with van der Waals surface area (Å²) in [5.74, 6) is -0.739. The number of benzene rings is 3. The summed E-state index contributed by atoms with van der Waals surface area (Å²) >= 11 is 0. The molecule has 3 aromatic carbocycles. The fourth-order valence-electron chi connectivity index (χ4n) is 3.86. The van der Waals surface area contributed by atoms with Crippen LogP contribution in [-0.2, 0) is 28.0 Å². The molecule has 0 radical (unpaired) electrons. The zero-order valence-corrected chi connectivity index (χ0v) is 17.1. The molecule has 1 heterocycles. The Bertz CT molecular complexity index is 1100.